The lowest BCUT2D eigenvalue weighted by atomic mass is 9.93. The highest BCUT2D eigenvalue weighted by atomic mass is 31.1. The lowest BCUT2D eigenvalue weighted by Crippen LogP contribution is -2.23. The van der Waals surface area contributed by atoms with Crippen LogP contribution in [0.3, 0.4) is 0 Å². The van der Waals surface area contributed by atoms with Crippen LogP contribution in [0.5, 0.6) is 17.2 Å². The van der Waals surface area contributed by atoms with Gasteiger partial charge in [0.1, 0.15) is 11.6 Å². The van der Waals surface area contributed by atoms with Gasteiger partial charge in [-0.15, -0.1) is 0 Å². The number of halogens is 1. The van der Waals surface area contributed by atoms with E-state index in [2.05, 4.69) is 13.8 Å². The molecule has 0 aliphatic rings. The van der Waals surface area contributed by atoms with Crippen molar-refractivity contribution in [2.75, 3.05) is 33.2 Å². The van der Waals surface area contributed by atoms with Crippen molar-refractivity contribution in [3.63, 3.8) is 0 Å². The number of aromatic hydroxyl groups is 1. The first-order valence-corrected chi connectivity index (χ1v) is 9.96. The summed E-state index contributed by atoms with van der Waals surface area (Å²) in [6.07, 6.45) is 1.81. The van der Waals surface area contributed by atoms with Crippen molar-refractivity contribution < 1.29 is 19.0 Å². The maximum Gasteiger partial charge on any atom is 0.164 e. The Kier molecular flexibility index (Phi) is 6.94. The second-order valence-corrected chi connectivity index (χ2v) is 8.88. The minimum Gasteiger partial charge on any atom is -0.504 e. The van der Waals surface area contributed by atoms with Crippen LogP contribution in [-0.2, 0) is 5.16 Å². The molecule has 0 aliphatic carbocycles. The smallest absolute Gasteiger partial charge is 0.164 e. The van der Waals surface area contributed by atoms with Crippen molar-refractivity contribution >= 4 is 19.6 Å². The molecule has 0 radical (unpaired) electrons. The molecule has 1 N–H and O–H groups in total. The molecular weight excluding hydrogens is 364 g/mol. The number of nitrogens with zero attached hydrogens (tertiary/aromatic N) is 1. The fourth-order valence-corrected chi connectivity index (χ4v) is 5.20. The second kappa shape index (κ2) is 8.79. The van der Waals surface area contributed by atoms with E-state index >= 15 is 0 Å². The van der Waals surface area contributed by atoms with Crippen LogP contribution < -0.4 is 19.7 Å². The van der Waals surface area contributed by atoms with Gasteiger partial charge in [0.15, 0.2) is 11.5 Å². The average Bonchev–Trinajstić information content (AvgIpc) is 2.63. The monoisotopic (exact) mass is 393 g/mol. The summed E-state index contributed by atoms with van der Waals surface area (Å²) in [7, 11) is 7.28. The fraction of sp³-hybridized carbons (Fsp3) is 0.429. The highest BCUT2D eigenvalue weighted by molar-refractivity contribution is 7.49. The molecule has 4 nitrogen and oxygen atoms in total. The Balaban J connectivity index is 2.60. The van der Waals surface area contributed by atoms with Crippen molar-refractivity contribution in [1.29, 1.82) is 0 Å². The van der Waals surface area contributed by atoms with Gasteiger partial charge in [-0.05, 0) is 36.0 Å². The molecule has 0 aromatic heterocycles. The van der Waals surface area contributed by atoms with Crippen molar-refractivity contribution in [3.05, 3.63) is 41.7 Å². The van der Waals surface area contributed by atoms with Crippen molar-refractivity contribution in [2.24, 2.45) is 0 Å². The molecule has 0 aliphatic heterocycles. The van der Waals surface area contributed by atoms with E-state index in [4.69, 9.17) is 9.47 Å². The maximum atomic E-state index is 13.8. The van der Waals surface area contributed by atoms with Crippen LogP contribution >= 0.6 is 8.58 Å². The van der Waals surface area contributed by atoms with Gasteiger partial charge in [-0.3, -0.25) is 0 Å². The van der Waals surface area contributed by atoms with E-state index in [1.165, 1.54) is 13.2 Å². The minimum atomic E-state index is -0.344. The van der Waals surface area contributed by atoms with E-state index in [-0.39, 0.29) is 16.7 Å². The zero-order valence-corrected chi connectivity index (χ0v) is 17.9. The maximum absolute atomic E-state index is 13.8. The Morgan fingerprint density at radius 2 is 1.85 bits per heavy atom. The predicted octanol–water partition coefficient (Wildman–Crippen LogP) is 4.63. The SMILES string of the molecule is CCCC(C)(Pc1ccc(F)cc1N(C)C)c1cc(OC)cc(OC)c1O. The number of benzene rings is 2. The van der Waals surface area contributed by atoms with E-state index in [0.717, 1.165) is 29.4 Å². The fourth-order valence-electron chi connectivity index (χ4n) is 3.32. The largest absolute Gasteiger partial charge is 0.504 e. The van der Waals surface area contributed by atoms with E-state index in [1.807, 2.05) is 31.1 Å². The Morgan fingerprint density at radius 3 is 2.41 bits per heavy atom. The highest BCUT2D eigenvalue weighted by Crippen LogP contribution is 2.52. The number of hydrogen-bond donors (Lipinski definition) is 1. The van der Waals surface area contributed by atoms with Gasteiger partial charge >= 0.3 is 0 Å². The summed E-state index contributed by atoms with van der Waals surface area (Å²) >= 11 is 0. The van der Waals surface area contributed by atoms with Gasteiger partial charge in [-0.1, -0.05) is 28.8 Å². The van der Waals surface area contributed by atoms with E-state index < -0.39 is 0 Å². The predicted molar refractivity (Wildman–Crippen MR) is 112 cm³/mol. The molecule has 0 amide bonds. The molecule has 6 heteroatoms. The number of methoxy groups -OCH3 is 2. The molecule has 0 saturated carbocycles. The first kappa shape index (κ1) is 21.3. The van der Waals surface area contributed by atoms with Crippen LogP contribution in [0.15, 0.2) is 30.3 Å². The van der Waals surface area contributed by atoms with Gasteiger partial charge in [0.2, 0.25) is 0 Å². The second-order valence-electron chi connectivity index (χ2n) is 6.99. The number of phenols is 1. The third-order valence-corrected chi connectivity index (χ3v) is 6.46. The average molecular weight is 393 g/mol. The summed E-state index contributed by atoms with van der Waals surface area (Å²) in [5.41, 5.74) is 1.64. The van der Waals surface area contributed by atoms with Crippen LogP contribution in [-0.4, -0.2) is 33.4 Å². The Labute approximate surface area is 163 Å². The summed E-state index contributed by atoms with van der Waals surface area (Å²) in [4.78, 5) is 1.92. The number of ether oxygens (including phenoxy) is 2. The van der Waals surface area contributed by atoms with Crippen LogP contribution in [0.1, 0.15) is 32.3 Å². The standard InChI is InChI=1S/C21H29FNO3P/c1-7-10-21(2,16-12-15(25-5)13-18(26-6)20(16)24)27-19-9-8-14(22)11-17(19)23(3)4/h8-9,11-13,24,27H,7,10H2,1-6H3. The molecule has 0 bridgehead atoms. The lowest BCUT2D eigenvalue weighted by molar-refractivity contribution is 0.357. The first-order chi connectivity index (χ1) is 12.8. The van der Waals surface area contributed by atoms with Crippen molar-refractivity contribution in [1.82, 2.24) is 0 Å². The number of hydrogen-bond acceptors (Lipinski definition) is 4. The Hall–Kier alpha value is -2.00. The third kappa shape index (κ3) is 4.65. The molecule has 2 unspecified atom stereocenters. The molecular formula is C21H29FNO3P. The van der Waals surface area contributed by atoms with Crippen molar-refractivity contribution in [2.45, 2.75) is 31.8 Å². The highest BCUT2D eigenvalue weighted by Gasteiger charge is 2.32. The van der Waals surface area contributed by atoms with Gasteiger partial charge in [-0.25, -0.2) is 4.39 Å². The first-order valence-electron chi connectivity index (χ1n) is 8.96. The van der Waals surface area contributed by atoms with E-state index in [9.17, 15) is 9.50 Å². The topological polar surface area (TPSA) is 41.9 Å². The van der Waals surface area contributed by atoms with Crippen molar-refractivity contribution in [3.8, 4) is 17.2 Å². The molecule has 2 atom stereocenters. The summed E-state index contributed by atoms with van der Waals surface area (Å²) in [6, 6.07) is 8.44. The zero-order chi connectivity index (χ0) is 20.2. The minimum absolute atomic E-state index is 0.135. The lowest BCUT2D eigenvalue weighted by Gasteiger charge is -2.33. The molecule has 0 spiro atoms. The van der Waals surface area contributed by atoms with E-state index in [0.29, 0.717) is 20.1 Å². The van der Waals surface area contributed by atoms with Crippen LogP contribution in [0.25, 0.3) is 0 Å². The molecule has 0 saturated heterocycles. The van der Waals surface area contributed by atoms with Crippen LogP contribution in [0.4, 0.5) is 10.1 Å². The number of phenolic OH excluding ortho intramolecular Hbond substituents is 1. The summed E-state index contributed by atoms with van der Waals surface area (Å²) in [5, 5.41) is 11.5. The molecule has 0 fully saturated rings. The van der Waals surface area contributed by atoms with E-state index in [1.54, 1.807) is 19.2 Å². The normalized spacial score (nSPS) is 13.6. The van der Waals surface area contributed by atoms with Gasteiger partial charge in [0.25, 0.3) is 0 Å². The van der Waals surface area contributed by atoms with Gasteiger partial charge in [0.05, 0.1) is 14.2 Å². The third-order valence-electron chi connectivity index (χ3n) is 4.70. The number of anilines is 1. The summed E-state index contributed by atoms with van der Waals surface area (Å²) in [5.74, 6) is 0.910. The van der Waals surface area contributed by atoms with Gasteiger partial charge in [0, 0.05) is 36.6 Å². The molecule has 2 aromatic rings. The van der Waals surface area contributed by atoms with Gasteiger partial charge in [-0.2, -0.15) is 0 Å². The summed E-state index contributed by atoms with van der Waals surface area (Å²) in [6.45, 7) is 4.25. The Morgan fingerprint density at radius 1 is 1.15 bits per heavy atom. The molecule has 27 heavy (non-hydrogen) atoms. The number of rotatable bonds is 8. The molecule has 148 valence electrons. The van der Waals surface area contributed by atoms with Crippen LogP contribution in [0, 0.1) is 5.82 Å². The molecule has 0 heterocycles. The molecule has 2 aromatic carbocycles. The van der Waals surface area contributed by atoms with Crippen LogP contribution in [0.2, 0.25) is 0 Å². The molecule has 2 rings (SSSR count). The zero-order valence-electron chi connectivity index (χ0n) is 16.9. The van der Waals surface area contributed by atoms with Gasteiger partial charge < -0.3 is 19.5 Å². The quantitative estimate of drug-likeness (QED) is 0.664. The Bertz CT molecular complexity index is 797. The summed E-state index contributed by atoms with van der Waals surface area (Å²) < 4.78 is 24.5.